The summed E-state index contributed by atoms with van der Waals surface area (Å²) in [6.45, 7) is 20.8. The van der Waals surface area contributed by atoms with E-state index >= 15 is 0 Å². The standard InChI is InChI=1S/C21H38N2O4/c1-6-11-22(12-7-2)15-19(24)17-26-21(10-5)27-18-20(25)16-23(13-8-3)14-9-4/h6-9,19-21,24-25H,1-4,10-18H2,5H3. The quantitative estimate of drug-likeness (QED) is 0.262. The molecule has 6 heteroatoms. The van der Waals surface area contributed by atoms with E-state index in [0.717, 1.165) is 0 Å². The van der Waals surface area contributed by atoms with Crippen molar-refractivity contribution in [2.24, 2.45) is 0 Å². The summed E-state index contributed by atoms with van der Waals surface area (Å²) in [6.07, 6.45) is 6.05. The maximum atomic E-state index is 10.2. The summed E-state index contributed by atoms with van der Waals surface area (Å²) in [5.41, 5.74) is 0. The number of aliphatic hydroxyl groups is 2. The topological polar surface area (TPSA) is 65.4 Å². The van der Waals surface area contributed by atoms with E-state index in [1.165, 1.54) is 0 Å². The molecule has 0 aliphatic heterocycles. The van der Waals surface area contributed by atoms with Crippen LogP contribution in [0.4, 0.5) is 0 Å². The van der Waals surface area contributed by atoms with Crippen LogP contribution in [0.25, 0.3) is 0 Å². The van der Waals surface area contributed by atoms with Gasteiger partial charge in [-0.05, 0) is 6.42 Å². The fourth-order valence-electron chi connectivity index (χ4n) is 2.60. The summed E-state index contributed by atoms with van der Waals surface area (Å²) < 4.78 is 11.3. The molecule has 0 aromatic heterocycles. The molecule has 0 bridgehead atoms. The fraction of sp³-hybridized carbons (Fsp3) is 0.619. The summed E-state index contributed by atoms with van der Waals surface area (Å²) >= 11 is 0. The van der Waals surface area contributed by atoms with Crippen LogP contribution >= 0.6 is 0 Å². The summed E-state index contributed by atoms with van der Waals surface area (Å²) in [4.78, 5) is 4.04. The molecule has 2 atom stereocenters. The molecule has 0 heterocycles. The molecule has 27 heavy (non-hydrogen) atoms. The first-order valence-corrected chi connectivity index (χ1v) is 9.48. The van der Waals surface area contributed by atoms with E-state index in [9.17, 15) is 10.2 Å². The average Bonchev–Trinajstić information content (AvgIpc) is 2.62. The monoisotopic (exact) mass is 382 g/mol. The van der Waals surface area contributed by atoms with Gasteiger partial charge in [0, 0.05) is 39.3 Å². The zero-order valence-electron chi connectivity index (χ0n) is 16.8. The van der Waals surface area contributed by atoms with Crippen LogP contribution in [0.15, 0.2) is 50.6 Å². The molecule has 0 saturated heterocycles. The maximum absolute atomic E-state index is 10.2. The minimum Gasteiger partial charge on any atom is -0.389 e. The van der Waals surface area contributed by atoms with Gasteiger partial charge in [0.15, 0.2) is 6.29 Å². The highest BCUT2D eigenvalue weighted by molar-refractivity contribution is 4.82. The second-order valence-corrected chi connectivity index (χ2v) is 6.40. The van der Waals surface area contributed by atoms with Gasteiger partial charge in [0.25, 0.3) is 0 Å². The number of nitrogens with zero attached hydrogens (tertiary/aromatic N) is 2. The van der Waals surface area contributed by atoms with Crippen molar-refractivity contribution in [3.63, 3.8) is 0 Å². The van der Waals surface area contributed by atoms with Crippen molar-refractivity contribution in [1.82, 2.24) is 9.80 Å². The third-order valence-corrected chi connectivity index (χ3v) is 3.77. The molecule has 0 spiro atoms. The molecule has 6 nitrogen and oxygen atoms in total. The summed E-state index contributed by atoms with van der Waals surface area (Å²) in [7, 11) is 0. The zero-order chi connectivity index (χ0) is 20.5. The summed E-state index contributed by atoms with van der Waals surface area (Å²) in [5, 5.41) is 20.3. The Balaban J connectivity index is 4.24. The molecule has 0 aromatic rings. The second-order valence-electron chi connectivity index (χ2n) is 6.40. The lowest BCUT2D eigenvalue weighted by Gasteiger charge is -2.26. The van der Waals surface area contributed by atoms with Crippen molar-refractivity contribution in [3.05, 3.63) is 50.6 Å². The molecule has 0 rings (SSSR count). The van der Waals surface area contributed by atoms with E-state index in [4.69, 9.17) is 9.47 Å². The van der Waals surface area contributed by atoms with Gasteiger partial charge in [0.05, 0.1) is 25.4 Å². The summed E-state index contributed by atoms with van der Waals surface area (Å²) in [5.74, 6) is 0. The van der Waals surface area contributed by atoms with Crippen molar-refractivity contribution in [1.29, 1.82) is 0 Å². The highest BCUT2D eigenvalue weighted by atomic mass is 16.7. The zero-order valence-corrected chi connectivity index (χ0v) is 16.8. The van der Waals surface area contributed by atoms with Gasteiger partial charge in [-0.25, -0.2) is 0 Å². The Bertz CT molecular complexity index is 361. The van der Waals surface area contributed by atoms with E-state index < -0.39 is 18.5 Å². The Kier molecular flexibility index (Phi) is 16.1. The molecule has 0 amide bonds. The van der Waals surface area contributed by atoms with E-state index in [1.807, 2.05) is 16.7 Å². The van der Waals surface area contributed by atoms with Gasteiger partial charge >= 0.3 is 0 Å². The van der Waals surface area contributed by atoms with Crippen LogP contribution in [0.1, 0.15) is 13.3 Å². The Morgan fingerprint density at radius 1 is 0.741 bits per heavy atom. The summed E-state index contributed by atoms with van der Waals surface area (Å²) in [6, 6.07) is 0. The lowest BCUT2D eigenvalue weighted by Crippen LogP contribution is -2.38. The van der Waals surface area contributed by atoms with Crippen molar-refractivity contribution in [2.75, 3.05) is 52.5 Å². The van der Waals surface area contributed by atoms with Crippen LogP contribution in [-0.2, 0) is 9.47 Å². The van der Waals surface area contributed by atoms with Gasteiger partial charge in [0.1, 0.15) is 0 Å². The van der Waals surface area contributed by atoms with Crippen molar-refractivity contribution >= 4 is 0 Å². The number of hydrogen-bond acceptors (Lipinski definition) is 6. The van der Waals surface area contributed by atoms with Crippen LogP contribution in [0.2, 0.25) is 0 Å². The van der Waals surface area contributed by atoms with Crippen LogP contribution in [-0.4, -0.2) is 91.0 Å². The van der Waals surface area contributed by atoms with Crippen molar-refractivity contribution in [2.45, 2.75) is 31.8 Å². The highest BCUT2D eigenvalue weighted by Crippen LogP contribution is 2.05. The minimum atomic E-state index is -0.636. The van der Waals surface area contributed by atoms with E-state index in [-0.39, 0.29) is 13.2 Å². The minimum absolute atomic E-state index is 0.165. The molecule has 0 saturated carbocycles. The molecule has 0 aromatic carbocycles. The first kappa shape index (κ1) is 25.7. The molecule has 0 aliphatic rings. The lowest BCUT2D eigenvalue weighted by atomic mass is 10.3. The van der Waals surface area contributed by atoms with Crippen LogP contribution in [0, 0.1) is 0 Å². The van der Waals surface area contributed by atoms with Gasteiger partial charge in [-0.1, -0.05) is 31.2 Å². The van der Waals surface area contributed by atoms with Gasteiger partial charge in [-0.3, -0.25) is 9.80 Å². The van der Waals surface area contributed by atoms with E-state index in [2.05, 4.69) is 26.3 Å². The first-order valence-electron chi connectivity index (χ1n) is 9.48. The van der Waals surface area contributed by atoms with Crippen LogP contribution in [0.3, 0.4) is 0 Å². The number of rotatable bonds is 19. The second kappa shape index (κ2) is 16.9. The average molecular weight is 383 g/mol. The number of ether oxygens (including phenoxy) is 2. The van der Waals surface area contributed by atoms with E-state index in [1.54, 1.807) is 24.3 Å². The Labute approximate surface area is 165 Å². The van der Waals surface area contributed by atoms with Gasteiger partial charge < -0.3 is 19.7 Å². The number of aliphatic hydroxyl groups excluding tert-OH is 2. The van der Waals surface area contributed by atoms with Crippen molar-refractivity contribution < 1.29 is 19.7 Å². The fourth-order valence-corrected chi connectivity index (χ4v) is 2.60. The molecule has 2 N–H and O–H groups in total. The lowest BCUT2D eigenvalue weighted by molar-refractivity contribution is -0.173. The molecule has 156 valence electrons. The van der Waals surface area contributed by atoms with Gasteiger partial charge in [-0.2, -0.15) is 0 Å². The third-order valence-electron chi connectivity index (χ3n) is 3.77. The molecular formula is C21H38N2O4. The predicted octanol–water partition coefficient (Wildman–Crippen LogP) is 1.83. The molecule has 0 aliphatic carbocycles. The number of hydrogen-bond donors (Lipinski definition) is 2. The van der Waals surface area contributed by atoms with Crippen LogP contribution in [0.5, 0.6) is 0 Å². The Hall–Kier alpha value is -1.28. The maximum Gasteiger partial charge on any atom is 0.157 e. The Morgan fingerprint density at radius 2 is 1.07 bits per heavy atom. The molecular weight excluding hydrogens is 344 g/mol. The third kappa shape index (κ3) is 13.5. The Morgan fingerprint density at radius 3 is 1.33 bits per heavy atom. The van der Waals surface area contributed by atoms with Crippen molar-refractivity contribution in [3.8, 4) is 0 Å². The normalized spacial score (nSPS) is 14.7. The molecule has 2 unspecified atom stereocenters. The molecule has 0 fully saturated rings. The smallest absolute Gasteiger partial charge is 0.157 e. The SMILES string of the molecule is C=CCN(CC=C)CC(O)COC(CC)OCC(O)CN(CC=C)CC=C. The van der Waals surface area contributed by atoms with Gasteiger partial charge in [0.2, 0.25) is 0 Å². The molecule has 0 radical (unpaired) electrons. The van der Waals surface area contributed by atoms with E-state index in [0.29, 0.717) is 45.7 Å². The van der Waals surface area contributed by atoms with Gasteiger partial charge in [-0.15, -0.1) is 26.3 Å². The van der Waals surface area contributed by atoms with Crippen LogP contribution < -0.4 is 0 Å². The highest BCUT2D eigenvalue weighted by Gasteiger charge is 2.16. The largest absolute Gasteiger partial charge is 0.389 e. The predicted molar refractivity (Wildman–Crippen MR) is 112 cm³/mol. The first-order chi connectivity index (χ1) is 13.0.